The summed E-state index contributed by atoms with van der Waals surface area (Å²) < 4.78 is 19.8. The molecule has 0 aliphatic heterocycles. The van der Waals surface area contributed by atoms with Crippen molar-refractivity contribution in [2.45, 2.75) is 51.5 Å². The van der Waals surface area contributed by atoms with E-state index in [0.29, 0.717) is 12.0 Å². The highest BCUT2D eigenvalue weighted by molar-refractivity contribution is 6.30. The summed E-state index contributed by atoms with van der Waals surface area (Å²) in [6.45, 7) is 5.83. The number of aromatic carboxylic acids is 1. The van der Waals surface area contributed by atoms with Crippen LogP contribution in [-0.2, 0) is 17.8 Å². The Kier molecular flexibility index (Phi) is 9.81. The number of halogens is 2. The number of ether oxygens (including phenoxy) is 1. The monoisotopic (exact) mass is 529 g/mol. The summed E-state index contributed by atoms with van der Waals surface area (Å²) in [6.07, 6.45) is -0.575. The molecule has 0 amide bonds. The van der Waals surface area contributed by atoms with Crippen molar-refractivity contribution < 1.29 is 29.2 Å². The maximum absolute atomic E-state index is 13.8. The van der Waals surface area contributed by atoms with Crippen LogP contribution in [0.15, 0.2) is 60.7 Å². The molecule has 3 aromatic carbocycles. The summed E-state index contributed by atoms with van der Waals surface area (Å²) in [5, 5.41) is 32.9. The molecule has 0 saturated carbocycles. The van der Waals surface area contributed by atoms with Gasteiger partial charge in [0.25, 0.3) is 0 Å². The van der Waals surface area contributed by atoms with E-state index in [0.717, 1.165) is 22.3 Å². The van der Waals surface area contributed by atoms with Gasteiger partial charge in [-0.25, -0.2) is 9.18 Å². The zero-order chi connectivity index (χ0) is 27.2. The molecular weight excluding hydrogens is 497 g/mol. The maximum atomic E-state index is 13.8. The normalized spacial score (nSPS) is 13.4. The molecule has 6 nitrogen and oxygen atoms in total. The number of β-amino-alcohol motifs (C(OH)–C–C–N with tert-alkyl or cyclic N) is 1. The molecule has 1 unspecified atom stereocenters. The average Bonchev–Trinajstić information content (AvgIpc) is 2.87. The quantitative estimate of drug-likeness (QED) is 0.251. The van der Waals surface area contributed by atoms with E-state index in [2.05, 4.69) is 5.32 Å². The molecule has 0 aromatic heterocycles. The van der Waals surface area contributed by atoms with Crippen molar-refractivity contribution in [3.05, 3.63) is 93.8 Å². The van der Waals surface area contributed by atoms with E-state index in [1.54, 1.807) is 18.2 Å². The highest BCUT2D eigenvalue weighted by Gasteiger charge is 2.21. The number of rotatable bonds is 12. The second-order valence-corrected chi connectivity index (χ2v) is 10.1. The Bertz CT molecular complexity index is 1230. The van der Waals surface area contributed by atoms with Crippen LogP contribution in [0.25, 0.3) is 11.1 Å². The molecule has 3 aromatic rings. The molecule has 37 heavy (non-hydrogen) atoms. The van der Waals surface area contributed by atoms with Crippen molar-refractivity contribution in [2.24, 2.45) is 0 Å². The maximum Gasteiger partial charge on any atom is 0.336 e. The lowest BCUT2D eigenvalue weighted by Crippen LogP contribution is -2.46. The van der Waals surface area contributed by atoms with Gasteiger partial charge in [0.15, 0.2) is 0 Å². The third-order valence-electron chi connectivity index (χ3n) is 6.20. The third kappa shape index (κ3) is 7.84. The summed E-state index contributed by atoms with van der Waals surface area (Å²) in [5.74, 6) is -1.55. The number of carboxylic acid groups (broad SMARTS) is 1. The lowest BCUT2D eigenvalue weighted by molar-refractivity contribution is -0.00397. The predicted molar refractivity (Wildman–Crippen MR) is 142 cm³/mol. The second kappa shape index (κ2) is 12.6. The van der Waals surface area contributed by atoms with Gasteiger partial charge in [-0.1, -0.05) is 48.0 Å². The Hall–Kier alpha value is -2.81. The molecule has 3 rings (SSSR count). The summed E-state index contributed by atoms with van der Waals surface area (Å²) in [6, 6.07) is 17.2. The van der Waals surface area contributed by atoms with Crippen LogP contribution in [0.2, 0.25) is 5.02 Å². The number of carboxylic acids is 1. The van der Waals surface area contributed by atoms with E-state index < -0.39 is 23.4 Å². The summed E-state index contributed by atoms with van der Waals surface area (Å²) >= 11 is 5.77. The van der Waals surface area contributed by atoms with Gasteiger partial charge in [-0.2, -0.15) is 0 Å². The number of benzene rings is 3. The SMILES string of the molecule is CC(OC[C@@H](O)CNC(C)(C)Cc1ccc(Cl)c(F)c1)c1ccccc1-c1ccc(C(=O)O)c(CO)c1. The van der Waals surface area contributed by atoms with E-state index >= 15 is 0 Å². The molecule has 4 N–H and O–H groups in total. The van der Waals surface area contributed by atoms with E-state index in [1.807, 2.05) is 45.0 Å². The van der Waals surface area contributed by atoms with Crippen LogP contribution in [0, 0.1) is 5.82 Å². The second-order valence-electron chi connectivity index (χ2n) is 9.74. The first-order valence-electron chi connectivity index (χ1n) is 12.1. The van der Waals surface area contributed by atoms with Crippen molar-refractivity contribution in [1.82, 2.24) is 5.32 Å². The lowest BCUT2D eigenvalue weighted by Gasteiger charge is -2.28. The number of hydrogen-bond acceptors (Lipinski definition) is 5. The van der Waals surface area contributed by atoms with Crippen LogP contribution in [0.3, 0.4) is 0 Å². The minimum absolute atomic E-state index is 0.0628. The molecule has 0 radical (unpaired) electrons. The van der Waals surface area contributed by atoms with Gasteiger partial charge in [-0.15, -0.1) is 0 Å². The number of aliphatic hydroxyl groups excluding tert-OH is 2. The number of nitrogens with one attached hydrogen (secondary N) is 1. The van der Waals surface area contributed by atoms with Gasteiger partial charge in [-0.05, 0) is 79.3 Å². The summed E-state index contributed by atoms with van der Waals surface area (Å²) in [4.78, 5) is 11.4. The molecule has 2 atom stereocenters. The fourth-order valence-electron chi connectivity index (χ4n) is 4.24. The van der Waals surface area contributed by atoms with E-state index in [-0.39, 0.29) is 36.4 Å². The van der Waals surface area contributed by atoms with E-state index in [4.69, 9.17) is 16.3 Å². The first kappa shape index (κ1) is 28.8. The fourth-order valence-corrected chi connectivity index (χ4v) is 4.35. The Morgan fingerprint density at radius 1 is 1.14 bits per heavy atom. The van der Waals surface area contributed by atoms with Gasteiger partial charge < -0.3 is 25.4 Å². The smallest absolute Gasteiger partial charge is 0.336 e. The molecular formula is C29H33ClFNO5. The van der Waals surface area contributed by atoms with E-state index in [1.165, 1.54) is 18.2 Å². The van der Waals surface area contributed by atoms with Crippen LogP contribution >= 0.6 is 11.6 Å². The highest BCUT2D eigenvalue weighted by Crippen LogP contribution is 2.31. The Morgan fingerprint density at radius 2 is 1.86 bits per heavy atom. The van der Waals surface area contributed by atoms with Crippen LogP contribution in [0.1, 0.15) is 53.9 Å². The van der Waals surface area contributed by atoms with Crippen molar-refractivity contribution in [2.75, 3.05) is 13.2 Å². The minimum Gasteiger partial charge on any atom is -0.478 e. The minimum atomic E-state index is -1.09. The molecule has 0 spiro atoms. The molecule has 0 saturated heterocycles. The first-order valence-corrected chi connectivity index (χ1v) is 12.4. The van der Waals surface area contributed by atoms with Gasteiger partial charge in [0.05, 0.1) is 36.0 Å². The lowest BCUT2D eigenvalue weighted by atomic mass is 9.94. The zero-order valence-electron chi connectivity index (χ0n) is 21.2. The van der Waals surface area contributed by atoms with Gasteiger partial charge in [-0.3, -0.25) is 0 Å². The highest BCUT2D eigenvalue weighted by atomic mass is 35.5. The zero-order valence-corrected chi connectivity index (χ0v) is 21.9. The van der Waals surface area contributed by atoms with Gasteiger partial charge in [0, 0.05) is 12.1 Å². The molecule has 0 aliphatic rings. The van der Waals surface area contributed by atoms with Crippen molar-refractivity contribution >= 4 is 17.6 Å². The molecule has 0 fully saturated rings. The van der Waals surface area contributed by atoms with Gasteiger partial charge in [0.1, 0.15) is 5.82 Å². The van der Waals surface area contributed by atoms with Crippen LogP contribution in [0.5, 0.6) is 0 Å². The van der Waals surface area contributed by atoms with E-state index in [9.17, 15) is 24.5 Å². The Balaban J connectivity index is 1.61. The van der Waals surface area contributed by atoms with Crippen molar-refractivity contribution in [1.29, 1.82) is 0 Å². The molecule has 0 heterocycles. The van der Waals surface area contributed by atoms with Crippen LogP contribution < -0.4 is 5.32 Å². The number of carbonyl (C=O) groups is 1. The standard InChI is InChI=1S/C29H33ClFNO5/c1-18(23-6-4-5-7-24(23)20-9-10-25(28(35)36)21(13-20)16-33)37-17-22(34)15-32-29(2,3)14-19-8-11-26(30)27(31)12-19/h4-13,18,22,32-34H,14-17H2,1-3H3,(H,35,36)/t18?,22-/m0/s1. The molecule has 0 bridgehead atoms. The largest absolute Gasteiger partial charge is 0.478 e. The average molecular weight is 530 g/mol. The van der Waals surface area contributed by atoms with Gasteiger partial charge in [0.2, 0.25) is 0 Å². The van der Waals surface area contributed by atoms with Crippen LogP contribution in [-0.4, -0.2) is 46.1 Å². The van der Waals surface area contributed by atoms with Crippen molar-refractivity contribution in [3.8, 4) is 11.1 Å². The Morgan fingerprint density at radius 3 is 2.54 bits per heavy atom. The van der Waals surface area contributed by atoms with Crippen LogP contribution in [0.4, 0.5) is 4.39 Å². The molecule has 0 aliphatic carbocycles. The third-order valence-corrected chi connectivity index (χ3v) is 6.51. The Labute approximate surface area is 221 Å². The first-order chi connectivity index (χ1) is 17.5. The van der Waals surface area contributed by atoms with Crippen molar-refractivity contribution in [3.63, 3.8) is 0 Å². The predicted octanol–water partition coefficient (Wildman–Crippen LogP) is 5.39. The number of hydrogen-bond donors (Lipinski definition) is 4. The topological polar surface area (TPSA) is 99.0 Å². The molecule has 198 valence electrons. The fraction of sp³-hybridized carbons (Fsp3) is 0.345. The summed E-state index contributed by atoms with van der Waals surface area (Å²) in [5.41, 5.74) is 3.29. The molecule has 8 heteroatoms. The number of aliphatic hydroxyl groups is 2. The van der Waals surface area contributed by atoms with Gasteiger partial charge >= 0.3 is 5.97 Å². The summed E-state index contributed by atoms with van der Waals surface area (Å²) in [7, 11) is 0.